The van der Waals surface area contributed by atoms with E-state index in [9.17, 15) is 0 Å². The Kier molecular flexibility index (Phi) is 6.43. The summed E-state index contributed by atoms with van der Waals surface area (Å²) in [6.45, 7) is 8.04. The average molecular weight is 525 g/mol. The molecule has 36 heavy (non-hydrogen) atoms. The molecule has 0 amide bonds. The third-order valence-electron chi connectivity index (χ3n) is 7.92. The van der Waals surface area contributed by atoms with Gasteiger partial charge in [-0.25, -0.2) is 9.50 Å². The number of aryl methyl sites for hydroxylation is 1. The van der Waals surface area contributed by atoms with Crippen LogP contribution in [0.25, 0.3) is 16.8 Å². The zero-order valence-corrected chi connectivity index (χ0v) is 22.4. The summed E-state index contributed by atoms with van der Waals surface area (Å²) in [6.07, 6.45) is 8.53. The molecule has 9 heteroatoms. The largest absolute Gasteiger partial charge is 0.355 e. The van der Waals surface area contributed by atoms with Crippen LogP contribution in [0.3, 0.4) is 0 Å². The molecule has 0 radical (unpaired) electrons. The third-order valence-corrected chi connectivity index (χ3v) is 8.31. The Balaban J connectivity index is 0.00000267. The summed E-state index contributed by atoms with van der Waals surface area (Å²) in [5.74, 6) is 1.20. The molecule has 0 unspecified atom stereocenters. The Morgan fingerprint density at radius 3 is 2.58 bits per heavy atom. The second kappa shape index (κ2) is 9.29. The minimum Gasteiger partial charge on any atom is -0.355 e. The predicted octanol–water partition coefficient (Wildman–Crippen LogP) is 5.54. The minimum atomic E-state index is 0. The number of nitrogens with zero attached hydrogens (tertiary/aromatic N) is 6. The molecule has 2 N–H and O–H groups in total. The number of nitrogens with two attached hydrogens (primary N) is 1. The number of anilines is 1. The van der Waals surface area contributed by atoms with E-state index in [2.05, 4.69) is 39.9 Å². The lowest BCUT2D eigenvalue weighted by Crippen LogP contribution is -2.44. The van der Waals surface area contributed by atoms with E-state index < -0.39 is 0 Å². The van der Waals surface area contributed by atoms with Crippen molar-refractivity contribution in [3.8, 4) is 11.3 Å². The monoisotopic (exact) mass is 523 g/mol. The van der Waals surface area contributed by atoms with Crippen LogP contribution in [0, 0.1) is 12.3 Å². The number of fused-ring (bicyclic) bond motifs is 2. The highest BCUT2D eigenvalue weighted by Crippen LogP contribution is 2.50. The Labute approximate surface area is 222 Å². The third kappa shape index (κ3) is 3.76. The van der Waals surface area contributed by atoms with Gasteiger partial charge in [0.25, 0.3) is 0 Å². The zero-order chi connectivity index (χ0) is 24.3. The fourth-order valence-electron chi connectivity index (χ4n) is 5.97. The molecule has 1 atom stereocenters. The van der Waals surface area contributed by atoms with Gasteiger partial charge in [-0.15, -0.1) is 12.4 Å². The number of hydrogen-bond acceptors (Lipinski definition) is 6. The van der Waals surface area contributed by atoms with E-state index in [-0.39, 0.29) is 29.8 Å². The van der Waals surface area contributed by atoms with Crippen molar-refractivity contribution in [2.75, 3.05) is 18.0 Å². The van der Waals surface area contributed by atoms with Crippen LogP contribution < -0.4 is 10.6 Å². The van der Waals surface area contributed by atoms with Gasteiger partial charge in [0.2, 0.25) is 0 Å². The van der Waals surface area contributed by atoms with Crippen LogP contribution in [0.15, 0.2) is 42.9 Å². The van der Waals surface area contributed by atoms with E-state index >= 15 is 0 Å². The molecule has 5 heterocycles. The number of halogens is 2. The maximum atomic E-state index is 6.83. The van der Waals surface area contributed by atoms with Crippen LogP contribution in [0.4, 0.5) is 5.82 Å². The van der Waals surface area contributed by atoms with Gasteiger partial charge >= 0.3 is 0 Å². The molecule has 1 fully saturated rings. The topological polar surface area (TPSA) is 85.2 Å². The predicted molar refractivity (Wildman–Crippen MR) is 146 cm³/mol. The quantitative estimate of drug-likeness (QED) is 0.379. The summed E-state index contributed by atoms with van der Waals surface area (Å²) in [5, 5.41) is 5.35. The molecular formula is C27H31Cl2N7. The van der Waals surface area contributed by atoms with E-state index in [0.29, 0.717) is 5.02 Å². The molecule has 1 spiro atoms. The van der Waals surface area contributed by atoms with Gasteiger partial charge in [-0.2, -0.15) is 5.10 Å². The highest BCUT2D eigenvalue weighted by molar-refractivity contribution is 6.34. The van der Waals surface area contributed by atoms with Crippen molar-refractivity contribution in [3.63, 3.8) is 0 Å². The second-order valence-corrected chi connectivity index (χ2v) is 10.6. The van der Waals surface area contributed by atoms with Crippen LogP contribution in [0.5, 0.6) is 0 Å². The van der Waals surface area contributed by atoms with Gasteiger partial charge in [-0.3, -0.25) is 9.97 Å². The van der Waals surface area contributed by atoms with Crippen LogP contribution in [-0.2, 0) is 6.42 Å². The van der Waals surface area contributed by atoms with Gasteiger partial charge in [-0.1, -0.05) is 31.5 Å². The highest BCUT2D eigenvalue weighted by atomic mass is 35.5. The number of aromatic nitrogens is 5. The fourth-order valence-corrected chi connectivity index (χ4v) is 6.39. The zero-order valence-electron chi connectivity index (χ0n) is 20.8. The van der Waals surface area contributed by atoms with E-state index in [4.69, 9.17) is 22.3 Å². The smallest absolute Gasteiger partial charge is 0.155 e. The highest BCUT2D eigenvalue weighted by Gasteiger charge is 2.46. The van der Waals surface area contributed by atoms with Crippen LogP contribution in [0.1, 0.15) is 61.3 Å². The average Bonchev–Trinajstić information content (AvgIpc) is 3.43. The van der Waals surface area contributed by atoms with Gasteiger partial charge in [0.05, 0.1) is 28.3 Å². The van der Waals surface area contributed by atoms with Crippen molar-refractivity contribution in [1.29, 1.82) is 0 Å². The van der Waals surface area contributed by atoms with Gasteiger partial charge in [-0.05, 0) is 61.3 Å². The maximum absolute atomic E-state index is 6.83. The second-order valence-electron chi connectivity index (χ2n) is 10.3. The Morgan fingerprint density at radius 2 is 1.86 bits per heavy atom. The molecule has 7 nitrogen and oxygen atoms in total. The lowest BCUT2D eigenvalue weighted by molar-refractivity contribution is 0.187. The molecule has 0 aromatic carbocycles. The summed E-state index contributed by atoms with van der Waals surface area (Å²) in [4.78, 5) is 16.6. The number of pyridine rings is 2. The number of rotatable bonds is 3. The summed E-state index contributed by atoms with van der Waals surface area (Å²) < 4.78 is 1.98. The van der Waals surface area contributed by atoms with Crippen LogP contribution in [-0.4, -0.2) is 37.7 Å². The summed E-state index contributed by atoms with van der Waals surface area (Å²) in [7, 11) is 0. The van der Waals surface area contributed by atoms with Crippen molar-refractivity contribution >= 4 is 35.3 Å². The van der Waals surface area contributed by atoms with Crippen molar-refractivity contribution in [3.05, 3.63) is 70.5 Å². The first-order chi connectivity index (χ1) is 16.9. The first-order valence-electron chi connectivity index (χ1n) is 12.3. The van der Waals surface area contributed by atoms with E-state index in [1.807, 2.05) is 48.2 Å². The Morgan fingerprint density at radius 1 is 1.08 bits per heavy atom. The molecule has 0 bridgehead atoms. The molecule has 4 aromatic heterocycles. The number of piperidine rings is 1. The summed E-state index contributed by atoms with van der Waals surface area (Å²) >= 11 is 6.83. The van der Waals surface area contributed by atoms with E-state index in [1.54, 1.807) is 0 Å². The van der Waals surface area contributed by atoms with Crippen molar-refractivity contribution in [2.24, 2.45) is 11.1 Å². The van der Waals surface area contributed by atoms with E-state index in [1.165, 1.54) is 11.3 Å². The first-order valence-corrected chi connectivity index (χ1v) is 12.7. The molecule has 1 aliphatic heterocycles. The van der Waals surface area contributed by atoms with E-state index in [0.717, 1.165) is 66.3 Å². The maximum Gasteiger partial charge on any atom is 0.155 e. The first kappa shape index (κ1) is 24.9. The van der Waals surface area contributed by atoms with Crippen molar-refractivity contribution < 1.29 is 0 Å². The molecule has 6 rings (SSSR count). The van der Waals surface area contributed by atoms with Gasteiger partial charge < -0.3 is 10.6 Å². The summed E-state index contributed by atoms with van der Waals surface area (Å²) in [5.41, 5.74) is 13.8. The molecule has 4 aromatic rings. The van der Waals surface area contributed by atoms with Gasteiger partial charge in [0, 0.05) is 42.8 Å². The SMILES string of the molecule is Cc1nc(N2CCC3(CC2)Cc2ncccc2[C@H]3N)c2ccnn2c1-c1ccnc(C(C)C)c1Cl.Cl. The van der Waals surface area contributed by atoms with Crippen LogP contribution in [0.2, 0.25) is 5.02 Å². The summed E-state index contributed by atoms with van der Waals surface area (Å²) in [6, 6.07) is 8.18. The van der Waals surface area contributed by atoms with Gasteiger partial charge in [0.15, 0.2) is 5.82 Å². The minimum absolute atomic E-state index is 0. The standard InChI is InChI=1S/C27H30ClN7.ClH/c1-16(2)23-22(28)19(6-11-31-23)24-17(3)33-26(21-7-12-32-35(21)24)34-13-8-27(9-14-34)15-20-18(25(27)29)5-4-10-30-20;/h4-7,10-12,16,25H,8-9,13-15,29H2,1-3H3;1H/t25-;/m1./s1. The lowest BCUT2D eigenvalue weighted by Gasteiger charge is -2.42. The van der Waals surface area contributed by atoms with Crippen LogP contribution >= 0.6 is 24.0 Å². The molecular weight excluding hydrogens is 493 g/mol. The van der Waals surface area contributed by atoms with Gasteiger partial charge in [0.1, 0.15) is 5.52 Å². The van der Waals surface area contributed by atoms with Crippen molar-refractivity contribution in [2.45, 2.75) is 52.0 Å². The lowest BCUT2D eigenvalue weighted by atomic mass is 9.73. The normalized spacial score (nSPS) is 18.6. The Hall–Kier alpha value is -2.74. The Bertz CT molecular complexity index is 1420. The molecule has 0 saturated carbocycles. The number of hydrogen-bond donors (Lipinski definition) is 1. The molecule has 2 aliphatic rings. The molecule has 1 saturated heterocycles. The molecule has 1 aliphatic carbocycles. The van der Waals surface area contributed by atoms with Crippen molar-refractivity contribution in [1.82, 2.24) is 24.6 Å². The molecule has 188 valence electrons. The fraction of sp³-hybridized carbons (Fsp3) is 0.407.